The van der Waals surface area contributed by atoms with Gasteiger partial charge in [-0.1, -0.05) is 29.4 Å². The molecule has 0 saturated carbocycles. The SMILES string of the molecule is Cc1ccccc1-c1noc(CCC(=O)NC2CCS(=O)(=O)C2)n1. The number of hydrogen-bond acceptors (Lipinski definition) is 6. The second kappa shape index (κ2) is 6.72. The summed E-state index contributed by atoms with van der Waals surface area (Å²) in [7, 11) is -3.00. The summed E-state index contributed by atoms with van der Waals surface area (Å²) in [5, 5.41) is 6.69. The summed E-state index contributed by atoms with van der Waals surface area (Å²) < 4.78 is 28.0. The molecule has 128 valence electrons. The number of amides is 1. The monoisotopic (exact) mass is 349 g/mol. The van der Waals surface area contributed by atoms with Gasteiger partial charge in [0.2, 0.25) is 17.6 Å². The van der Waals surface area contributed by atoms with Crippen LogP contribution in [0, 0.1) is 6.92 Å². The van der Waals surface area contributed by atoms with E-state index in [1.807, 2.05) is 31.2 Å². The van der Waals surface area contributed by atoms with Crippen LogP contribution in [-0.2, 0) is 21.1 Å². The van der Waals surface area contributed by atoms with Crippen molar-refractivity contribution in [3.05, 3.63) is 35.7 Å². The van der Waals surface area contributed by atoms with E-state index in [1.165, 1.54) is 0 Å². The van der Waals surface area contributed by atoms with Crippen molar-refractivity contribution >= 4 is 15.7 Å². The summed E-state index contributed by atoms with van der Waals surface area (Å²) in [5.41, 5.74) is 1.94. The van der Waals surface area contributed by atoms with Gasteiger partial charge >= 0.3 is 0 Å². The number of nitrogens with one attached hydrogen (secondary N) is 1. The number of carbonyl (C=O) groups is 1. The summed E-state index contributed by atoms with van der Waals surface area (Å²) in [5.74, 6) is 0.860. The highest BCUT2D eigenvalue weighted by Crippen LogP contribution is 2.20. The molecular weight excluding hydrogens is 330 g/mol. The van der Waals surface area contributed by atoms with Crippen molar-refractivity contribution in [1.82, 2.24) is 15.5 Å². The molecule has 3 rings (SSSR count). The van der Waals surface area contributed by atoms with E-state index >= 15 is 0 Å². The maximum atomic E-state index is 11.9. The lowest BCUT2D eigenvalue weighted by molar-refractivity contribution is -0.121. The Morgan fingerprint density at radius 3 is 2.88 bits per heavy atom. The number of nitrogens with zero attached hydrogens (tertiary/aromatic N) is 2. The molecular formula is C16H19N3O4S. The first-order valence-corrected chi connectivity index (χ1v) is 9.63. The van der Waals surface area contributed by atoms with E-state index < -0.39 is 9.84 Å². The molecule has 1 fully saturated rings. The van der Waals surface area contributed by atoms with Crippen LogP contribution in [0.2, 0.25) is 0 Å². The van der Waals surface area contributed by atoms with Gasteiger partial charge in [0.15, 0.2) is 9.84 Å². The fraction of sp³-hybridized carbons (Fsp3) is 0.438. The molecule has 8 heteroatoms. The Morgan fingerprint density at radius 1 is 1.38 bits per heavy atom. The topological polar surface area (TPSA) is 102 Å². The van der Waals surface area contributed by atoms with Crippen LogP contribution in [0.4, 0.5) is 0 Å². The number of rotatable bonds is 5. The zero-order chi connectivity index (χ0) is 17.2. The third kappa shape index (κ3) is 4.00. The third-order valence-electron chi connectivity index (χ3n) is 4.02. The second-order valence-corrected chi connectivity index (χ2v) is 8.22. The molecule has 1 aromatic heterocycles. The van der Waals surface area contributed by atoms with E-state index in [-0.39, 0.29) is 29.9 Å². The predicted octanol–water partition coefficient (Wildman–Crippen LogP) is 1.28. The molecule has 1 aliphatic heterocycles. The minimum Gasteiger partial charge on any atom is -0.352 e. The molecule has 2 heterocycles. The van der Waals surface area contributed by atoms with E-state index in [4.69, 9.17) is 4.52 Å². The van der Waals surface area contributed by atoms with Crippen LogP contribution in [0.5, 0.6) is 0 Å². The lowest BCUT2D eigenvalue weighted by Gasteiger charge is -2.09. The highest BCUT2D eigenvalue weighted by atomic mass is 32.2. The average molecular weight is 349 g/mol. The molecule has 24 heavy (non-hydrogen) atoms. The maximum absolute atomic E-state index is 11.9. The summed E-state index contributed by atoms with van der Waals surface area (Å²) in [6, 6.07) is 7.44. The Kier molecular flexibility index (Phi) is 4.66. The second-order valence-electron chi connectivity index (χ2n) is 5.99. The normalized spacial score (nSPS) is 19.3. The smallest absolute Gasteiger partial charge is 0.227 e. The van der Waals surface area contributed by atoms with Gasteiger partial charge in [-0.3, -0.25) is 4.79 Å². The summed E-state index contributed by atoms with van der Waals surface area (Å²) in [6.07, 6.45) is 0.988. The molecule has 7 nitrogen and oxygen atoms in total. The van der Waals surface area contributed by atoms with Gasteiger partial charge in [0.1, 0.15) is 0 Å². The van der Waals surface area contributed by atoms with Gasteiger partial charge in [-0.25, -0.2) is 8.42 Å². The Hall–Kier alpha value is -2.22. The number of sulfone groups is 1. The lowest BCUT2D eigenvalue weighted by atomic mass is 10.1. The lowest BCUT2D eigenvalue weighted by Crippen LogP contribution is -2.35. The Bertz CT molecular complexity index is 845. The van der Waals surface area contributed by atoms with Gasteiger partial charge in [-0.05, 0) is 18.9 Å². The van der Waals surface area contributed by atoms with Gasteiger partial charge in [0.25, 0.3) is 0 Å². The molecule has 0 spiro atoms. The van der Waals surface area contributed by atoms with Crippen molar-refractivity contribution < 1.29 is 17.7 Å². The molecule has 0 radical (unpaired) electrons. The molecule has 1 N–H and O–H groups in total. The number of benzene rings is 1. The fourth-order valence-electron chi connectivity index (χ4n) is 2.72. The van der Waals surface area contributed by atoms with Crippen LogP contribution in [0.1, 0.15) is 24.3 Å². The van der Waals surface area contributed by atoms with E-state index in [9.17, 15) is 13.2 Å². The summed E-state index contributed by atoms with van der Waals surface area (Å²) in [6.45, 7) is 1.97. The first-order valence-electron chi connectivity index (χ1n) is 7.81. The number of aryl methyl sites for hydroxylation is 2. The van der Waals surface area contributed by atoms with Gasteiger partial charge in [0.05, 0.1) is 11.5 Å². The molecule has 1 atom stereocenters. The minimum atomic E-state index is -3.00. The molecule has 1 aliphatic rings. The predicted molar refractivity (Wildman–Crippen MR) is 88.0 cm³/mol. The minimum absolute atomic E-state index is 0.0245. The Labute approximate surface area is 140 Å². The van der Waals surface area contributed by atoms with E-state index in [0.717, 1.165) is 11.1 Å². The number of aromatic nitrogens is 2. The van der Waals surface area contributed by atoms with E-state index in [1.54, 1.807) is 0 Å². The first kappa shape index (κ1) is 16.6. The zero-order valence-corrected chi connectivity index (χ0v) is 14.2. The van der Waals surface area contributed by atoms with Crippen LogP contribution >= 0.6 is 0 Å². The molecule has 1 saturated heterocycles. The molecule has 1 aromatic carbocycles. The van der Waals surface area contributed by atoms with E-state index in [0.29, 0.717) is 24.6 Å². The van der Waals surface area contributed by atoms with Crippen molar-refractivity contribution in [2.75, 3.05) is 11.5 Å². The standard InChI is InChI=1S/C16H19N3O4S/c1-11-4-2-3-5-13(11)16-18-15(23-19-16)7-6-14(20)17-12-8-9-24(21,22)10-12/h2-5,12H,6-10H2,1H3,(H,17,20). The quantitative estimate of drug-likeness (QED) is 0.872. The fourth-order valence-corrected chi connectivity index (χ4v) is 4.39. The molecule has 2 aromatic rings. The van der Waals surface area contributed by atoms with Gasteiger partial charge < -0.3 is 9.84 Å². The van der Waals surface area contributed by atoms with Crippen LogP contribution in [0.3, 0.4) is 0 Å². The van der Waals surface area contributed by atoms with Crippen molar-refractivity contribution in [3.8, 4) is 11.4 Å². The summed E-state index contributed by atoms with van der Waals surface area (Å²) in [4.78, 5) is 16.2. The van der Waals surface area contributed by atoms with E-state index in [2.05, 4.69) is 15.5 Å². The Morgan fingerprint density at radius 2 is 2.17 bits per heavy atom. The van der Waals surface area contributed by atoms with Gasteiger partial charge in [0, 0.05) is 24.4 Å². The van der Waals surface area contributed by atoms with Crippen LogP contribution < -0.4 is 5.32 Å². The van der Waals surface area contributed by atoms with Crippen molar-refractivity contribution in [2.45, 2.75) is 32.2 Å². The van der Waals surface area contributed by atoms with Crippen molar-refractivity contribution in [3.63, 3.8) is 0 Å². The highest BCUT2D eigenvalue weighted by Gasteiger charge is 2.28. The molecule has 0 aliphatic carbocycles. The van der Waals surface area contributed by atoms with Gasteiger partial charge in [-0.15, -0.1) is 0 Å². The summed E-state index contributed by atoms with van der Waals surface area (Å²) >= 11 is 0. The maximum Gasteiger partial charge on any atom is 0.227 e. The number of carbonyl (C=O) groups excluding carboxylic acids is 1. The first-order chi connectivity index (χ1) is 11.4. The van der Waals surface area contributed by atoms with Crippen LogP contribution in [0.15, 0.2) is 28.8 Å². The van der Waals surface area contributed by atoms with Crippen LogP contribution in [0.25, 0.3) is 11.4 Å². The zero-order valence-electron chi connectivity index (χ0n) is 13.4. The van der Waals surface area contributed by atoms with Crippen molar-refractivity contribution in [1.29, 1.82) is 0 Å². The largest absolute Gasteiger partial charge is 0.352 e. The number of hydrogen-bond donors (Lipinski definition) is 1. The molecule has 1 unspecified atom stereocenters. The Balaban J connectivity index is 1.54. The third-order valence-corrected chi connectivity index (χ3v) is 5.79. The van der Waals surface area contributed by atoms with Crippen molar-refractivity contribution in [2.24, 2.45) is 0 Å². The van der Waals surface area contributed by atoms with Gasteiger partial charge in [-0.2, -0.15) is 4.98 Å². The van der Waals surface area contributed by atoms with Crippen LogP contribution in [-0.4, -0.2) is 42.0 Å². The highest BCUT2D eigenvalue weighted by molar-refractivity contribution is 7.91. The molecule has 1 amide bonds. The molecule has 0 bridgehead atoms. The average Bonchev–Trinajstić information content (AvgIpc) is 3.12.